The number of para-hydroxylation sites is 1. The lowest BCUT2D eigenvalue weighted by Crippen LogP contribution is -2.48. The van der Waals surface area contributed by atoms with Gasteiger partial charge in [0.15, 0.2) is 12.1 Å². The molecule has 0 amide bonds. The molecule has 6 atom stereocenters. The summed E-state index contributed by atoms with van der Waals surface area (Å²) in [7, 11) is 0. The van der Waals surface area contributed by atoms with Crippen molar-refractivity contribution in [1.82, 2.24) is 0 Å². The molecule has 4 saturated heterocycles. The molecule has 5 rings (SSSR count). The van der Waals surface area contributed by atoms with Crippen molar-refractivity contribution < 1.29 is 23.8 Å². The van der Waals surface area contributed by atoms with Crippen LogP contribution in [-0.2, 0) is 23.8 Å². The van der Waals surface area contributed by atoms with Crippen LogP contribution in [0.4, 0.5) is 5.69 Å². The smallest absolute Gasteiger partial charge is 0.190 e. The Balaban J connectivity index is 1.44. The summed E-state index contributed by atoms with van der Waals surface area (Å²) in [6, 6.07) is 10.3. The van der Waals surface area contributed by atoms with Gasteiger partial charge in [-0.15, -0.1) is 0 Å². The van der Waals surface area contributed by atoms with E-state index >= 15 is 0 Å². The standard InChI is InChI=1S/C17H21NO5/c1-17(2)21-15-14-13(20-16(15)22-17)12-8-11(9-19-14)23-18(12)10-6-4-3-5-7-10/h3-7,11-16H,8-9H2,1-2H3/t11?,12?,13?,14-,15-,16-/m1/s1. The first-order valence-corrected chi connectivity index (χ1v) is 8.24. The van der Waals surface area contributed by atoms with Gasteiger partial charge in [0.05, 0.1) is 18.3 Å². The number of nitrogens with zero attached hydrogens (tertiary/aromatic N) is 1. The van der Waals surface area contributed by atoms with Crippen LogP contribution < -0.4 is 5.06 Å². The maximum atomic E-state index is 6.19. The summed E-state index contributed by atoms with van der Waals surface area (Å²) in [4.78, 5) is 6.07. The molecule has 124 valence electrons. The van der Waals surface area contributed by atoms with E-state index in [4.69, 9.17) is 23.8 Å². The monoisotopic (exact) mass is 319 g/mol. The van der Waals surface area contributed by atoms with Crippen LogP contribution in [0.15, 0.2) is 30.3 Å². The van der Waals surface area contributed by atoms with Crippen LogP contribution in [-0.4, -0.2) is 49.1 Å². The summed E-state index contributed by atoms with van der Waals surface area (Å²) < 4.78 is 24.1. The van der Waals surface area contributed by atoms with Gasteiger partial charge in [0.1, 0.15) is 24.4 Å². The zero-order valence-electron chi connectivity index (χ0n) is 13.3. The highest BCUT2D eigenvalue weighted by Crippen LogP contribution is 2.45. The van der Waals surface area contributed by atoms with E-state index in [-0.39, 0.29) is 36.7 Å². The fourth-order valence-electron chi connectivity index (χ4n) is 4.06. The molecule has 0 aromatic heterocycles. The van der Waals surface area contributed by atoms with Crippen LogP contribution in [0.2, 0.25) is 0 Å². The molecule has 23 heavy (non-hydrogen) atoms. The first kappa shape index (κ1) is 14.2. The van der Waals surface area contributed by atoms with Gasteiger partial charge >= 0.3 is 0 Å². The summed E-state index contributed by atoms with van der Waals surface area (Å²) >= 11 is 0. The third kappa shape index (κ3) is 2.21. The summed E-state index contributed by atoms with van der Waals surface area (Å²) in [5, 5.41) is 1.98. The topological polar surface area (TPSA) is 49.4 Å². The van der Waals surface area contributed by atoms with Crippen molar-refractivity contribution in [3.63, 3.8) is 0 Å². The second-order valence-corrected chi connectivity index (χ2v) is 7.06. The van der Waals surface area contributed by atoms with Crippen LogP contribution >= 0.6 is 0 Å². The zero-order chi connectivity index (χ0) is 15.6. The van der Waals surface area contributed by atoms with Crippen molar-refractivity contribution in [2.75, 3.05) is 11.7 Å². The normalized spacial score (nSPS) is 44.0. The average molecular weight is 319 g/mol. The van der Waals surface area contributed by atoms with Crippen LogP contribution in [0.5, 0.6) is 0 Å². The Kier molecular flexibility index (Phi) is 3.03. The van der Waals surface area contributed by atoms with Gasteiger partial charge in [0.2, 0.25) is 0 Å². The first-order chi connectivity index (χ1) is 11.1. The van der Waals surface area contributed by atoms with E-state index in [1.165, 1.54) is 0 Å². The van der Waals surface area contributed by atoms with E-state index in [2.05, 4.69) is 12.1 Å². The van der Waals surface area contributed by atoms with Crippen molar-refractivity contribution in [2.24, 2.45) is 0 Å². The lowest BCUT2D eigenvalue weighted by atomic mass is 10.0. The highest BCUT2D eigenvalue weighted by Gasteiger charge is 2.60. The Morgan fingerprint density at radius 2 is 1.87 bits per heavy atom. The molecule has 6 heteroatoms. The molecule has 0 spiro atoms. The molecule has 2 bridgehead atoms. The van der Waals surface area contributed by atoms with E-state index in [9.17, 15) is 0 Å². The minimum atomic E-state index is -0.620. The average Bonchev–Trinajstić information content (AvgIpc) is 3.11. The number of ether oxygens (including phenoxy) is 4. The highest BCUT2D eigenvalue weighted by molar-refractivity contribution is 5.46. The van der Waals surface area contributed by atoms with Gasteiger partial charge in [0, 0.05) is 6.42 Å². The summed E-state index contributed by atoms with van der Waals surface area (Å²) in [5.74, 6) is -0.620. The van der Waals surface area contributed by atoms with Gasteiger partial charge in [-0.25, -0.2) is 5.06 Å². The molecule has 1 aromatic carbocycles. The maximum absolute atomic E-state index is 6.19. The van der Waals surface area contributed by atoms with Crippen LogP contribution in [0.3, 0.4) is 0 Å². The van der Waals surface area contributed by atoms with E-state index in [1.54, 1.807) is 0 Å². The Morgan fingerprint density at radius 1 is 1.04 bits per heavy atom. The molecule has 0 saturated carbocycles. The van der Waals surface area contributed by atoms with Crippen molar-refractivity contribution in [1.29, 1.82) is 0 Å². The Bertz CT molecular complexity index is 594. The number of fused-ring (bicyclic) bond motifs is 6. The van der Waals surface area contributed by atoms with E-state index in [0.29, 0.717) is 6.61 Å². The predicted octanol–water partition coefficient (Wildman–Crippen LogP) is 1.84. The molecule has 1 aromatic rings. The molecule has 0 aliphatic carbocycles. The third-order valence-electron chi connectivity index (χ3n) is 4.96. The molecule has 4 heterocycles. The van der Waals surface area contributed by atoms with Gasteiger partial charge in [-0.05, 0) is 26.0 Å². The van der Waals surface area contributed by atoms with Gasteiger partial charge in [-0.3, -0.25) is 4.84 Å². The molecule has 6 nitrogen and oxygen atoms in total. The molecule has 3 unspecified atom stereocenters. The molecule has 4 fully saturated rings. The Hall–Kier alpha value is -1.18. The van der Waals surface area contributed by atoms with Gasteiger partial charge < -0.3 is 18.9 Å². The van der Waals surface area contributed by atoms with E-state index in [1.807, 2.05) is 37.1 Å². The van der Waals surface area contributed by atoms with Crippen LogP contribution in [0.25, 0.3) is 0 Å². The Morgan fingerprint density at radius 3 is 2.70 bits per heavy atom. The van der Waals surface area contributed by atoms with E-state index < -0.39 is 5.79 Å². The number of anilines is 1. The summed E-state index contributed by atoms with van der Waals surface area (Å²) in [6.45, 7) is 4.37. The second kappa shape index (κ2) is 4.91. The predicted molar refractivity (Wildman–Crippen MR) is 80.6 cm³/mol. The number of rotatable bonds is 1. The van der Waals surface area contributed by atoms with Gasteiger partial charge in [-0.1, -0.05) is 18.2 Å². The second-order valence-electron chi connectivity index (χ2n) is 7.06. The van der Waals surface area contributed by atoms with Crippen LogP contribution in [0, 0.1) is 0 Å². The minimum Gasteiger partial charge on any atom is -0.370 e. The molecule has 4 aliphatic heterocycles. The fraction of sp³-hybridized carbons (Fsp3) is 0.647. The first-order valence-electron chi connectivity index (χ1n) is 8.24. The quantitative estimate of drug-likeness (QED) is 0.787. The number of hydrogen-bond donors (Lipinski definition) is 0. The van der Waals surface area contributed by atoms with Crippen molar-refractivity contribution in [2.45, 2.75) is 62.8 Å². The Labute approximate surface area is 135 Å². The zero-order valence-corrected chi connectivity index (χ0v) is 13.3. The number of hydrogen-bond acceptors (Lipinski definition) is 6. The van der Waals surface area contributed by atoms with Crippen molar-refractivity contribution in [3.05, 3.63) is 30.3 Å². The largest absolute Gasteiger partial charge is 0.370 e. The fourth-order valence-corrected chi connectivity index (χ4v) is 4.06. The van der Waals surface area contributed by atoms with Gasteiger partial charge in [0.25, 0.3) is 0 Å². The molecular formula is C17H21NO5. The van der Waals surface area contributed by atoms with Crippen molar-refractivity contribution >= 4 is 5.69 Å². The van der Waals surface area contributed by atoms with Gasteiger partial charge in [-0.2, -0.15) is 0 Å². The van der Waals surface area contributed by atoms with Crippen molar-refractivity contribution in [3.8, 4) is 0 Å². The molecule has 0 radical (unpaired) electrons. The summed E-state index contributed by atoms with van der Waals surface area (Å²) in [6.07, 6.45) is 0.171. The SMILES string of the molecule is CC1(C)O[C@H]2OC3C4CC(CO[C@H]3[C@H]2O1)ON4c1ccccc1. The number of hydroxylamine groups is 1. The summed E-state index contributed by atoms with van der Waals surface area (Å²) in [5.41, 5.74) is 1.04. The molecule has 0 N–H and O–H groups in total. The highest BCUT2D eigenvalue weighted by atomic mass is 16.8. The lowest BCUT2D eigenvalue weighted by Gasteiger charge is -2.34. The molecular weight excluding hydrogens is 298 g/mol. The van der Waals surface area contributed by atoms with E-state index in [0.717, 1.165) is 12.1 Å². The minimum absolute atomic E-state index is 0.0585. The third-order valence-corrected chi connectivity index (χ3v) is 4.96. The maximum Gasteiger partial charge on any atom is 0.190 e. The van der Waals surface area contributed by atoms with Crippen LogP contribution in [0.1, 0.15) is 20.3 Å². The lowest BCUT2D eigenvalue weighted by molar-refractivity contribution is -0.222. The molecule has 4 aliphatic rings. The number of benzene rings is 1.